The Bertz CT molecular complexity index is 1560. The Kier molecular flexibility index (Phi) is 4.93. The van der Waals surface area contributed by atoms with E-state index in [1.807, 2.05) is 18.5 Å². The van der Waals surface area contributed by atoms with Crippen molar-refractivity contribution in [2.75, 3.05) is 6.54 Å². The highest BCUT2D eigenvalue weighted by molar-refractivity contribution is 7.13. The van der Waals surface area contributed by atoms with Gasteiger partial charge in [0.05, 0.1) is 11.0 Å². The molecule has 5 heterocycles. The molecule has 7 nitrogen and oxygen atoms in total. The van der Waals surface area contributed by atoms with Gasteiger partial charge in [-0.25, -0.2) is 9.97 Å². The second kappa shape index (κ2) is 8.23. The molecule has 0 aliphatic carbocycles. The predicted octanol–water partition coefficient (Wildman–Crippen LogP) is 5.40. The van der Waals surface area contributed by atoms with E-state index in [2.05, 4.69) is 79.2 Å². The minimum Gasteiger partial charge on any atom is -0.335 e. The monoisotopic (exact) mass is 451 g/mol. The number of fused-ring (bicyclic) bond motifs is 2. The number of nitrogens with zero attached hydrogens (tertiary/aromatic N) is 4. The van der Waals surface area contributed by atoms with Gasteiger partial charge in [0.25, 0.3) is 0 Å². The minimum absolute atomic E-state index is 0.684. The Morgan fingerprint density at radius 1 is 1.06 bits per heavy atom. The van der Waals surface area contributed by atoms with Crippen LogP contribution in [0.25, 0.3) is 55.2 Å². The van der Waals surface area contributed by atoms with E-state index in [0.717, 1.165) is 57.5 Å². The summed E-state index contributed by atoms with van der Waals surface area (Å²) in [6, 6.07) is 14.6. The largest absolute Gasteiger partial charge is 0.335 e. The van der Waals surface area contributed by atoms with Crippen molar-refractivity contribution < 1.29 is 0 Å². The van der Waals surface area contributed by atoms with Crippen LogP contribution in [0.3, 0.4) is 0 Å². The van der Waals surface area contributed by atoms with Gasteiger partial charge in [-0.15, -0.1) is 11.3 Å². The van der Waals surface area contributed by atoms with Gasteiger partial charge < -0.3 is 10.3 Å². The molecule has 0 saturated carbocycles. The van der Waals surface area contributed by atoms with Crippen LogP contribution in [0.4, 0.5) is 0 Å². The molecule has 6 aromatic rings. The van der Waals surface area contributed by atoms with Crippen LogP contribution in [-0.4, -0.2) is 36.7 Å². The number of benzene rings is 1. The lowest BCUT2D eigenvalue weighted by molar-refractivity contribution is 0.724. The number of hydrogen-bond acceptors (Lipinski definition) is 6. The van der Waals surface area contributed by atoms with Gasteiger partial charge in [-0.05, 0) is 53.4 Å². The maximum atomic E-state index is 4.76. The Balaban J connectivity index is 1.44. The molecule has 1 aromatic carbocycles. The minimum atomic E-state index is 0.684. The van der Waals surface area contributed by atoms with Crippen LogP contribution in [0.15, 0.2) is 66.4 Å². The fourth-order valence-corrected chi connectivity index (χ4v) is 4.80. The predicted molar refractivity (Wildman–Crippen MR) is 133 cm³/mol. The molecule has 0 radical (unpaired) electrons. The summed E-state index contributed by atoms with van der Waals surface area (Å²) in [6.45, 7) is 3.83. The standard InChI is InChI=1S/C25H21N7S/c1-2-26-12-15-10-17(14-27-13-15)16-5-6-20-19(11-16)23(32-31-20)25-29-22-18(21-4-3-9-33-21)7-8-28-24(22)30-25/h3-11,13-14,26H,2,12H2,1H3,(H,31,32)(H,28,29,30). The van der Waals surface area contributed by atoms with Crippen molar-refractivity contribution in [3.05, 3.63) is 72.0 Å². The van der Waals surface area contributed by atoms with E-state index in [1.54, 1.807) is 17.5 Å². The summed E-state index contributed by atoms with van der Waals surface area (Å²) in [5.41, 5.74) is 7.75. The average Bonchev–Trinajstić information content (AvgIpc) is 3.61. The summed E-state index contributed by atoms with van der Waals surface area (Å²) in [5.74, 6) is 0.698. The number of pyridine rings is 2. The van der Waals surface area contributed by atoms with Crippen LogP contribution in [0.1, 0.15) is 12.5 Å². The molecule has 0 fully saturated rings. The van der Waals surface area contributed by atoms with Crippen molar-refractivity contribution in [3.8, 4) is 33.1 Å². The van der Waals surface area contributed by atoms with Crippen molar-refractivity contribution in [1.29, 1.82) is 0 Å². The van der Waals surface area contributed by atoms with E-state index >= 15 is 0 Å². The zero-order valence-electron chi connectivity index (χ0n) is 18.0. The molecule has 0 unspecified atom stereocenters. The molecule has 0 aliphatic rings. The zero-order chi connectivity index (χ0) is 22.2. The first-order chi connectivity index (χ1) is 16.3. The molecular formula is C25H21N7S. The van der Waals surface area contributed by atoms with E-state index in [0.29, 0.717) is 11.5 Å². The van der Waals surface area contributed by atoms with Gasteiger partial charge in [-0.1, -0.05) is 19.1 Å². The van der Waals surface area contributed by atoms with Gasteiger partial charge in [0.2, 0.25) is 0 Å². The number of H-pyrrole nitrogens is 2. The van der Waals surface area contributed by atoms with Gasteiger partial charge in [0, 0.05) is 46.5 Å². The van der Waals surface area contributed by atoms with E-state index < -0.39 is 0 Å². The first kappa shape index (κ1) is 19.8. The Morgan fingerprint density at radius 2 is 2.03 bits per heavy atom. The van der Waals surface area contributed by atoms with Crippen molar-refractivity contribution >= 4 is 33.4 Å². The molecule has 5 aromatic heterocycles. The number of imidazole rings is 1. The summed E-state index contributed by atoms with van der Waals surface area (Å²) >= 11 is 1.70. The van der Waals surface area contributed by atoms with Gasteiger partial charge >= 0.3 is 0 Å². The summed E-state index contributed by atoms with van der Waals surface area (Å²) in [4.78, 5) is 18.3. The SMILES string of the molecule is CCNCc1cncc(-c2ccc3[nH]nc(-c4nc5nccc(-c6cccs6)c5[nH]4)c3c2)c1. The highest BCUT2D eigenvalue weighted by Gasteiger charge is 2.16. The van der Waals surface area contributed by atoms with E-state index in [9.17, 15) is 0 Å². The Morgan fingerprint density at radius 3 is 2.91 bits per heavy atom. The van der Waals surface area contributed by atoms with E-state index in [-0.39, 0.29) is 0 Å². The van der Waals surface area contributed by atoms with Crippen LogP contribution in [0, 0.1) is 0 Å². The smallest absolute Gasteiger partial charge is 0.178 e. The molecule has 0 aliphatic heterocycles. The quantitative estimate of drug-likeness (QED) is 0.315. The van der Waals surface area contributed by atoms with Gasteiger partial charge in [0.15, 0.2) is 11.5 Å². The summed E-state index contributed by atoms with van der Waals surface area (Å²) in [7, 11) is 0. The maximum absolute atomic E-state index is 4.76. The molecule has 0 saturated heterocycles. The third-order valence-corrected chi connectivity index (χ3v) is 6.58. The Labute approximate surface area is 194 Å². The number of nitrogens with one attached hydrogen (secondary N) is 3. The molecule has 8 heteroatoms. The van der Waals surface area contributed by atoms with Crippen LogP contribution in [0.5, 0.6) is 0 Å². The molecule has 0 bridgehead atoms. The lowest BCUT2D eigenvalue weighted by Gasteiger charge is -2.06. The molecule has 0 amide bonds. The van der Waals surface area contributed by atoms with Crippen LogP contribution < -0.4 is 5.32 Å². The normalized spacial score (nSPS) is 11.5. The molecule has 3 N–H and O–H groups in total. The first-order valence-corrected chi connectivity index (χ1v) is 11.7. The number of aromatic nitrogens is 6. The van der Waals surface area contributed by atoms with Crippen molar-refractivity contribution in [1.82, 2.24) is 35.5 Å². The van der Waals surface area contributed by atoms with E-state index in [1.165, 1.54) is 4.88 Å². The summed E-state index contributed by atoms with van der Waals surface area (Å²) in [5, 5.41) is 14.1. The number of hydrogen-bond donors (Lipinski definition) is 3. The Hall–Kier alpha value is -3.88. The number of rotatable bonds is 6. The fourth-order valence-electron chi connectivity index (χ4n) is 4.05. The lowest BCUT2D eigenvalue weighted by Crippen LogP contribution is -2.11. The van der Waals surface area contributed by atoms with Gasteiger partial charge in [-0.3, -0.25) is 10.1 Å². The second-order valence-electron chi connectivity index (χ2n) is 7.81. The first-order valence-electron chi connectivity index (χ1n) is 10.8. The summed E-state index contributed by atoms with van der Waals surface area (Å²) in [6.07, 6.45) is 5.60. The highest BCUT2D eigenvalue weighted by atomic mass is 32.1. The van der Waals surface area contributed by atoms with Gasteiger partial charge in [0.1, 0.15) is 5.69 Å². The fraction of sp³-hybridized carbons (Fsp3) is 0.120. The van der Waals surface area contributed by atoms with Crippen molar-refractivity contribution in [2.24, 2.45) is 0 Å². The number of aromatic amines is 2. The highest BCUT2D eigenvalue weighted by Crippen LogP contribution is 2.33. The molecule has 162 valence electrons. The molecule has 0 atom stereocenters. The maximum Gasteiger partial charge on any atom is 0.178 e. The molecule has 33 heavy (non-hydrogen) atoms. The average molecular weight is 452 g/mol. The van der Waals surface area contributed by atoms with E-state index in [4.69, 9.17) is 4.98 Å². The number of thiophene rings is 1. The lowest BCUT2D eigenvalue weighted by atomic mass is 10.0. The molecule has 6 rings (SSSR count). The van der Waals surface area contributed by atoms with Crippen LogP contribution in [-0.2, 0) is 6.54 Å². The van der Waals surface area contributed by atoms with Crippen molar-refractivity contribution in [2.45, 2.75) is 13.5 Å². The van der Waals surface area contributed by atoms with Crippen LogP contribution in [0.2, 0.25) is 0 Å². The zero-order valence-corrected chi connectivity index (χ0v) is 18.8. The van der Waals surface area contributed by atoms with Crippen molar-refractivity contribution in [3.63, 3.8) is 0 Å². The van der Waals surface area contributed by atoms with Gasteiger partial charge in [-0.2, -0.15) is 5.10 Å². The molecule has 0 spiro atoms. The molecular weight excluding hydrogens is 430 g/mol. The third kappa shape index (κ3) is 3.59. The third-order valence-electron chi connectivity index (χ3n) is 5.67. The topological polar surface area (TPSA) is 95.2 Å². The van der Waals surface area contributed by atoms with Crippen LogP contribution >= 0.6 is 11.3 Å². The summed E-state index contributed by atoms with van der Waals surface area (Å²) < 4.78 is 0. The second-order valence-corrected chi connectivity index (χ2v) is 8.76.